The number of hydrogen-bond donors (Lipinski definition) is 2. The lowest BCUT2D eigenvalue weighted by atomic mass is 10.4. The molecule has 8 heteroatoms. The first kappa shape index (κ1) is 14.4. The Morgan fingerprint density at radius 2 is 2.24 bits per heavy atom. The summed E-state index contributed by atoms with van der Waals surface area (Å²) in [6, 6.07) is 1.49. The van der Waals surface area contributed by atoms with Gasteiger partial charge in [-0.05, 0) is 22.0 Å². The van der Waals surface area contributed by atoms with Crippen LogP contribution in [0, 0.1) is 0 Å². The molecule has 1 rings (SSSR count). The summed E-state index contributed by atoms with van der Waals surface area (Å²) in [5, 5.41) is 2.74. The predicted molar refractivity (Wildman–Crippen MR) is 68.5 cm³/mol. The summed E-state index contributed by atoms with van der Waals surface area (Å²) in [4.78, 5) is 4.09. The summed E-state index contributed by atoms with van der Waals surface area (Å²) in [7, 11) is -0.459. The number of rotatable bonds is 6. The Hall–Kier alpha value is -0.700. The standard InChI is InChI=1S/C9H14BrN3O3S/c1-11-9-8(5-7(10)6-12-9)17(14,15)13-3-4-16-2/h5-6,13H,3-4H2,1-2H3,(H,11,12). The minimum atomic E-state index is -3.58. The first-order valence-electron chi connectivity index (χ1n) is 4.83. The molecular formula is C9H14BrN3O3S. The molecule has 0 amide bonds. The van der Waals surface area contributed by atoms with Gasteiger partial charge < -0.3 is 10.1 Å². The number of pyridine rings is 1. The van der Waals surface area contributed by atoms with E-state index in [0.29, 0.717) is 16.9 Å². The average molecular weight is 324 g/mol. The largest absolute Gasteiger partial charge is 0.383 e. The minimum Gasteiger partial charge on any atom is -0.383 e. The molecule has 1 heterocycles. The van der Waals surface area contributed by atoms with Crippen LogP contribution in [0.3, 0.4) is 0 Å². The first-order valence-corrected chi connectivity index (χ1v) is 7.11. The Balaban J connectivity index is 3.00. The van der Waals surface area contributed by atoms with E-state index in [1.165, 1.54) is 19.4 Å². The van der Waals surface area contributed by atoms with E-state index >= 15 is 0 Å². The van der Waals surface area contributed by atoms with E-state index in [-0.39, 0.29) is 11.4 Å². The highest BCUT2D eigenvalue weighted by molar-refractivity contribution is 9.10. The summed E-state index contributed by atoms with van der Waals surface area (Å²) in [6.45, 7) is 0.532. The SMILES string of the molecule is CNc1ncc(Br)cc1S(=O)(=O)NCCOC. The number of anilines is 1. The maximum Gasteiger partial charge on any atom is 0.244 e. The number of ether oxygens (including phenoxy) is 1. The fourth-order valence-electron chi connectivity index (χ4n) is 1.17. The summed E-state index contributed by atoms with van der Waals surface area (Å²) < 4.78 is 31.8. The molecule has 2 N–H and O–H groups in total. The molecule has 1 aromatic rings. The van der Waals surface area contributed by atoms with Crippen LogP contribution in [0.4, 0.5) is 5.82 Å². The fourth-order valence-corrected chi connectivity index (χ4v) is 2.85. The van der Waals surface area contributed by atoms with Crippen molar-refractivity contribution in [2.45, 2.75) is 4.90 Å². The number of methoxy groups -OCH3 is 1. The number of nitrogens with one attached hydrogen (secondary N) is 2. The van der Waals surface area contributed by atoms with Crippen molar-refractivity contribution in [2.24, 2.45) is 0 Å². The second kappa shape index (κ2) is 6.29. The maximum absolute atomic E-state index is 12.0. The van der Waals surface area contributed by atoms with Crippen LogP contribution in [0.5, 0.6) is 0 Å². The summed E-state index contributed by atoms with van der Waals surface area (Å²) in [5.41, 5.74) is 0. The zero-order valence-corrected chi connectivity index (χ0v) is 11.9. The molecule has 0 aliphatic heterocycles. The van der Waals surface area contributed by atoms with E-state index in [1.54, 1.807) is 7.05 Å². The van der Waals surface area contributed by atoms with Crippen LogP contribution in [0.1, 0.15) is 0 Å². The third kappa shape index (κ3) is 3.91. The third-order valence-corrected chi connectivity index (χ3v) is 3.85. The normalized spacial score (nSPS) is 11.5. The van der Waals surface area contributed by atoms with Gasteiger partial charge in [-0.3, -0.25) is 0 Å². The van der Waals surface area contributed by atoms with Crippen LogP contribution in [0.25, 0.3) is 0 Å². The van der Waals surface area contributed by atoms with Gasteiger partial charge in [-0.25, -0.2) is 18.1 Å². The van der Waals surface area contributed by atoms with Gasteiger partial charge in [0, 0.05) is 31.4 Å². The molecule has 6 nitrogen and oxygen atoms in total. The lowest BCUT2D eigenvalue weighted by molar-refractivity contribution is 0.204. The molecular weight excluding hydrogens is 310 g/mol. The molecule has 0 radical (unpaired) electrons. The Kier molecular flexibility index (Phi) is 5.31. The van der Waals surface area contributed by atoms with Gasteiger partial charge in [0.25, 0.3) is 0 Å². The van der Waals surface area contributed by atoms with Gasteiger partial charge in [-0.2, -0.15) is 0 Å². The van der Waals surface area contributed by atoms with Crippen LogP contribution in [0.15, 0.2) is 21.6 Å². The van der Waals surface area contributed by atoms with Crippen molar-refractivity contribution in [3.8, 4) is 0 Å². The number of aromatic nitrogens is 1. The Labute approximate surface area is 109 Å². The molecule has 0 saturated carbocycles. The van der Waals surface area contributed by atoms with E-state index in [2.05, 4.69) is 31.0 Å². The van der Waals surface area contributed by atoms with Crippen molar-refractivity contribution in [3.05, 3.63) is 16.7 Å². The molecule has 0 saturated heterocycles. The van der Waals surface area contributed by atoms with Gasteiger partial charge in [0.2, 0.25) is 10.0 Å². The number of hydrogen-bond acceptors (Lipinski definition) is 5. The first-order chi connectivity index (χ1) is 8.01. The zero-order valence-electron chi connectivity index (χ0n) is 9.53. The lowest BCUT2D eigenvalue weighted by Crippen LogP contribution is -2.28. The molecule has 96 valence electrons. The number of nitrogens with zero attached hydrogens (tertiary/aromatic N) is 1. The second-order valence-electron chi connectivity index (χ2n) is 3.14. The molecule has 0 bridgehead atoms. The highest BCUT2D eigenvalue weighted by Gasteiger charge is 2.19. The Morgan fingerprint density at radius 3 is 2.82 bits per heavy atom. The highest BCUT2D eigenvalue weighted by atomic mass is 79.9. The van der Waals surface area contributed by atoms with Crippen molar-refractivity contribution >= 4 is 31.8 Å². The third-order valence-electron chi connectivity index (χ3n) is 1.94. The quantitative estimate of drug-likeness (QED) is 0.757. The van der Waals surface area contributed by atoms with E-state index in [4.69, 9.17) is 4.74 Å². The van der Waals surface area contributed by atoms with Crippen molar-refractivity contribution in [2.75, 3.05) is 32.6 Å². The van der Waals surface area contributed by atoms with E-state index in [0.717, 1.165) is 0 Å². The summed E-state index contributed by atoms with van der Waals surface area (Å²) in [5.74, 6) is 0.304. The predicted octanol–water partition coefficient (Wildman–Crippen LogP) is 0.810. The van der Waals surface area contributed by atoms with Gasteiger partial charge in [0.15, 0.2) is 0 Å². The molecule has 0 spiro atoms. The van der Waals surface area contributed by atoms with Crippen molar-refractivity contribution in [1.82, 2.24) is 9.71 Å². The van der Waals surface area contributed by atoms with Gasteiger partial charge in [-0.1, -0.05) is 0 Å². The number of sulfonamides is 1. The topological polar surface area (TPSA) is 80.3 Å². The maximum atomic E-state index is 12.0. The van der Waals surface area contributed by atoms with Gasteiger partial charge >= 0.3 is 0 Å². The van der Waals surface area contributed by atoms with Gasteiger partial charge in [0.1, 0.15) is 10.7 Å². The van der Waals surface area contributed by atoms with Crippen molar-refractivity contribution < 1.29 is 13.2 Å². The fraction of sp³-hybridized carbons (Fsp3) is 0.444. The molecule has 0 aliphatic rings. The Morgan fingerprint density at radius 1 is 1.53 bits per heavy atom. The smallest absolute Gasteiger partial charge is 0.244 e. The monoisotopic (exact) mass is 323 g/mol. The molecule has 0 unspecified atom stereocenters. The Bertz CT molecular complexity index is 478. The van der Waals surface area contributed by atoms with Crippen molar-refractivity contribution in [1.29, 1.82) is 0 Å². The molecule has 0 atom stereocenters. The van der Waals surface area contributed by atoms with Gasteiger partial charge in [0.05, 0.1) is 6.61 Å². The van der Waals surface area contributed by atoms with Crippen LogP contribution in [-0.4, -0.2) is 40.7 Å². The van der Waals surface area contributed by atoms with E-state index in [9.17, 15) is 8.42 Å². The van der Waals surface area contributed by atoms with Crippen LogP contribution < -0.4 is 10.0 Å². The minimum absolute atomic E-state index is 0.102. The van der Waals surface area contributed by atoms with Gasteiger partial charge in [-0.15, -0.1) is 0 Å². The van der Waals surface area contributed by atoms with Crippen LogP contribution in [0.2, 0.25) is 0 Å². The summed E-state index contributed by atoms with van der Waals surface area (Å²) in [6.07, 6.45) is 1.53. The summed E-state index contributed by atoms with van der Waals surface area (Å²) >= 11 is 3.19. The molecule has 1 aromatic heterocycles. The second-order valence-corrected chi connectivity index (χ2v) is 5.79. The van der Waals surface area contributed by atoms with E-state index < -0.39 is 10.0 Å². The van der Waals surface area contributed by atoms with E-state index in [1.807, 2.05) is 0 Å². The average Bonchev–Trinajstić information content (AvgIpc) is 2.29. The molecule has 0 aromatic carbocycles. The van der Waals surface area contributed by atoms with Crippen LogP contribution >= 0.6 is 15.9 Å². The zero-order chi connectivity index (χ0) is 12.9. The molecule has 0 fully saturated rings. The van der Waals surface area contributed by atoms with Crippen LogP contribution in [-0.2, 0) is 14.8 Å². The highest BCUT2D eigenvalue weighted by Crippen LogP contribution is 2.22. The molecule has 0 aliphatic carbocycles. The van der Waals surface area contributed by atoms with Crippen molar-refractivity contribution in [3.63, 3.8) is 0 Å². The molecule has 17 heavy (non-hydrogen) atoms. The lowest BCUT2D eigenvalue weighted by Gasteiger charge is -2.10. The number of halogens is 1.